The van der Waals surface area contributed by atoms with Gasteiger partial charge in [-0.05, 0) is 38.8 Å². The monoisotopic (exact) mass is 435 g/mol. The normalized spacial score (nSPS) is 11.4. The Morgan fingerprint density at radius 1 is 1.00 bits per heavy atom. The summed E-state index contributed by atoms with van der Waals surface area (Å²) in [4.78, 5) is 40.2. The van der Waals surface area contributed by atoms with Gasteiger partial charge >= 0.3 is 5.97 Å². The van der Waals surface area contributed by atoms with Gasteiger partial charge in [-0.2, -0.15) is 5.10 Å². The number of ether oxygens (including phenoxy) is 1. The largest absolute Gasteiger partial charge is 0.451 e. The molecule has 0 bridgehead atoms. The Balaban J connectivity index is 1.82. The summed E-state index contributed by atoms with van der Waals surface area (Å²) in [5, 5.41) is 5.05. The first kappa shape index (κ1) is 23.2. The first-order chi connectivity index (χ1) is 15.2. The van der Waals surface area contributed by atoms with Crippen LogP contribution in [-0.4, -0.2) is 38.7 Å². The molecule has 7 nitrogen and oxygen atoms in total. The fourth-order valence-corrected chi connectivity index (χ4v) is 3.49. The van der Waals surface area contributed by atoms with E-state index < -0.39 is 18.1 Å². The van der Waals surface area contributed by atoms with Crippen LogP contribution in [0.25, 0.3) is 10.8 Å². The number of benzene rings is 2. The first-order valence-corrected chi connectivity index (χ1v) is 10.7. The van der Waals surface area contributed by atoms with E-state index in [1.807, 2.05) is 58.0 Å². The number of hydrogen-bond donors (Lipinski definition) is 0. The lowest BCUT2D eigenvalue weighted by molar-refractivity contribution is -0.140. The molecular weight excluding hydrogens is 406 g/mol. The molecule has 168 valence electrons. The maximum absolute atomic E-state index is 13.0. The fraction of sp³-hybridized carbons (Fsp3) is 0.360. The number of fused-ring (bicyclic) bond motifs is 1. The van der Waals surface area contributed by atoms with Crippen molar-refractivity contribution in [3.63, 3.8) is 0 Å². The van der Waals surface area contributed by atoms with E-state index in [1.54, 1.807) is 29.2 Å². The van der Waals surface area contributed by atoms with E-state index in [9.17, 15) is 14.4 Å². The van der Waals surface area contributed by atoms with Gasteiger partial charge in [-0.1, -0.05) is 55.5 Å². The molecule has 0 spiro atoms. The zero-order valence-corrected chi connectivity index (χ0v) is 19.0. The third-order valence-corrected chi connectivity index (χ3v) is 5.12. The third-order valence-electron chi connectivity index (χ3n) is 5.12. The molecule has 3 aromatic rings. The number of rotatable bonds is 7. The van der Waals surface area contributed by atoms with Crippen LogP contribution < -0.4 is 5.56 Å². The van der Waals surface area contributed by atoms with Crippen LogP contribution in [-0.2, 0) is 22.6 Å². The van der Waals surface area contributed by atoms with Crippen molar-refractivity contribution in [3.05, 3.63) is 76.2 Å². The second kappa shape index (κ2) is 9.77. The van der Waals surface area contributed by atoms with E-state index in [4.69, 9.17) is 4.74 Å². The van der Waals surface area contributed by atoms with Crippen molar-refractivity contribution in [2.75, 3.05) is 6.61 Å². The SMILES string of the molecule is CCCn1nc(C(=O)OCC(=O)N(Cc2ccccc2)C(C)(C)C)c2ccccc2c1=O. The van der Waals surface area contributed by atoms with Gasteiger partial charge in [-0.15, -0.1) is 0 Å². The Hall–Kier alpha value is -3.48. The highest BCUT2D eigenvalue weighted by molar-refractivity contribution is 6.02. The number of carbonyl (C=O) groups excluding carboxylic acids is 2. The van der Waals surface area contributed by atoms with E-state index in [1.165, 1.54) is 4.68 Å². The van der Waals surface area contributed by atoms with Crippen LogP contribution in [0, 0.1) is 0 Å². The highest BCUT2D eigenvalue weighted by Gasteiger charge is 2.28. The van der Waals surface area contributed by atoms with Crippen LogP contribution in [0.1, 0.15) is 50.2 Å². The molecule has 32 heavy (non-hydrogen) atoms. The molecule has 7 heteroatoms. The van der Waals surface area contributed by atoms with Crippen LogP contribution in [0.5, 0.6) is 0 Å². The highest BCUT2D eigenvalue weighted by atomic mass is 16.5. The summed E-state index contributed by atoms with van der Waals surface area (Å²) in [6.45, 7) is 8.11. The summed E-state index contributed by atoms with van der Waals surface area (Å²) in [5.74, 6) is -1.03. The van der Waals surface area contributed by atoms with Gasteiger partial charge in [-0.3, -0.25) is 9.59 Å². The Morgan fingerprint density at radius 2 is 1.62 bits per heavy atom. The number of esters is 1. The van der Waals surface area contributed by atoms with Gasteiger partial charge in [0.1, 0.15) is 0 Å². The quantitative estimate of drug-likeness (QED) is 0.528. The molecule has 1 heterocycles. The number of amides is 1. The molecule has 0 radical (unpaired) electrons. The van der Waals surface area contributed by atoms with Crippen molar-refractivity contribution in [1.82, 2.24) is 14.7 Å². The molecule has 0 N–H and O–H groups in total. The molecule has 3 rings (SSSR count). The molecule has 0 atom stereocenters. The predicted molar refractivity (Wildman–Crippen MR) is 123 cm³/mol. The molecular formula is C25H29N3O4. The molecule has 0 saturated heterocycles. The van der Waals surface area contributed by atoms with Gasteiger partial charge in [0.05, 0.1) is 5.39 Å². The van der Waals surface area contributed by atoms with Gasteiger partial charge in [0.2, 0.25) is 0 Å². The van der Waals surface area contributed by atoms with E-state index in [0.29, 0.717) is 30.3 Å². The zero-order valence-electron chi connectivity index (χ0n) is 19.0. The summed E-state index contributed by atoms with van der Waals surface area (Å²) >= 11 is 0. The molecule has 2 aromatic carbocycles. The number of aromatic nitrogens is 2. The summed E-state index contributed by atoms with van der Waals surface area (Å²) < 4.78 is 6.65. The van der Waals surface area contributed by atoms with Crippen molar-refractivity contribution in [1.29, 1.82) is 0 Å². The van der Waals surface area contributed by atoms with Crippen molar-refractivity contribution < 1.29 is 14.3 Å². The molecule has 0 unspecified atom stereocenters. The van der Waals surface area contributed by atoms with Gasteiger partial charge in [-0.25, -0.2) is 9.48 Å². The average molecular weight is 436 g/mol. The summed E-state index contributed by atoms with van der Waals surface area (Å²) in [6.07, 6.45) is 0.693. The predicted octanol–water partition coefficient (Wildman–Crippen LogP) is 3.79. The van der Waals surface area contributed by atoms with E-state index in [2.05, 4.69) is 5.10 Å². The minimum absolute atomic E-state index is 0.0341. The van der Waals surface area contributed by atoms with Gasteiger partial charge in [0, 0.05) is 24.0 Å². The maximum Gasteiger partial charge on any atom is 0.359 e. The summed E-state index contributed by atoms with van der Waals surface area (Å²) in [7, 11) is 0. The Labute approximate surface area is 187 Å². The zero-order chi connectivity index (χ0) is 23.3. The topological polar surface area (TPSA) is 81.5 Å². The third kappa shape index (κ3) is 5.22. The van der Waals surface area contributed by atoms with E-state index in [-0.39, 0.29) is 17.2 Å². The minimum atomic E-state index is -0.729. The van der Waals surface area contributed by atoms with Crippen LogP contribution in [0.4, 0.5) is 0 Å². The molecule has 1 amide bonds. The summed E-state index contributed by atoms with van der Waals surface area (Å²) in [5.41, 5.74) is 0.309. The first-order valence-electron chi connectivity index (χ1n) is 10.7. The second-order valence-electron chi connectivity index (χ2n) is 8.63. The number of carbonyl (C=O) groups is 2. The Kier molecular flexibility index (Phi) is 7.08. The second-order valence-corrected chi connectivity index (χ2v) is 8.63. The van der Waals surface area contributed by atoms with E-state index >= 15 is 0 Å². The lowest BCUT2D eigenvalue weighted by atomic mass is 10.0. The Bertz CT molecular complexity index is 1160. The molecule has 0 aliphatic carbocycles. The van der Waals surface area contributed by atoms with E-state index in [0.717, 1.165) is 5.56 Å². The van der Waals surface area contributed by atoms with Gasteiger partial charge < -0.3 is 9.64 Å². The fourth-order valence-electron chi connectivity index (χ4n) is 3.49. The van der Waals surface area contributed by atoms with Crippen molar-refractivity contribution in [3.8, 4) is 0 Å². The molecule has 0 aliphatic rings. The smallest absolute Gasteiger partial charge is 0.359 e. The van der Waals surface area contributed by atoms with Crippen molar-refractivity contribution in [2.24, 2.45) is 0 Å². The number of nitrogens with zero attached hydrogens (tertiary/aromatic N) is 3. The molecule has 0 saturated carbocycles. The maximum atomic E-state index is 13.0. The van der Waals surface area contributed by atoms with Gasteiger partial charge in [0.25, 0.3) is 11.5 Å². The number of aryl methyl sites for hydroxylation is 1. The van der Waals surface area contributed by atoms with Crippen LogP contribution in [0.3, 0.4) is 0 Å². The van der Waals surface area contributed by atoms with Crippen molar-refractivity contribution in [2.45, 2.75) is 52.7 Å². The number of hydrogen-bond acceptors (Lipinski definition) is 5. The highest BCUT2D eigenvalue weighted by Crippen LogP contribution is 2.19. The molecule has 0 aliphatic heterocycles. The molecule has 0 fully saturated rings. The van der Waals surface area contributed by atoms with Crippen LogP contribution in [0.15, 0.2) is 59.4 Å². The lowest BCUT2D eigenvalue weighted by Gasteiger charge is -2.35. The van der Waals surface area contributed by atoms with Crippen molar-refractivity contribution >= 4 is 22.6 Å². The average Bonchev–Trinajstić information content (AvgIpc) is 2.77. The standard InChI is InChI=1S/C25H29N3O4/c1-5-15-28-23(30)20-14-10-9-13-19(20)22(26-28)24(31)32-17-21(29)27(25(2,3)4)16-18-11-7-6-8-12-18/h6-14H,5,15-17H2,1-4H3. The van der Waals surface area contributed by atoms with Gasteiger partial charge in [0.15, 0.2) is 12.3 Å². The van der Waals surface area contributed by atoms with Crippen LogP contribution >= 0.6 is 0 Å². The minimum Gasteiger partial charge on any atom is -0.451 e. The van der Waals surface area contributed by atoms with Crippen LogP contribution in [0.2, 0.25) is 0 Å². The lowest BCUT2D eigenvalue weighted by Crippen LogP contribution is -2.46. The Morgan fingerprint density at radius 3 is 2.25 bits per heavy atom. The molecule has 1 aromatic heterocycles. The summed E-state index contributed by atoms with van der Waals surface area (Å²) in [6, 6.07) is 16.5.